The van der Waals surface area contributed by atoms with Gasteiger partial charge in [0.05, 0.1) is 14.2 Å². The summed E-state index contributed by atoms with van der Waals surface area (Å²) in [7, 11) is 3.08. The summed E-state index contributed by atoms with van der Waals surface area (Å²) in [6, 6.07) is 25.5. The van der Waals surface area contributed by atoms with E-state index in [4.69, 9.17) is 9.47 Å². The molecule has 1 saturated heterocycles. The molecule has 2 heterocycles. The first-order valence-electron chi connectivity index (χ1n) is 14.5. The second-order valence-electron chi connectivity index (χ2n) is 10.4. The Morgan fingerprint density at radius 2 is 1.56 bits per heavy atom. The predicted octanol–water partition coefficient (Wildman–Crippen LogP) is 5.12. The highest BCUT2D eigenvalue weighted by molar-refractivity contribution is 7.99. The molecule has 1 aliphatic heterocycles. The molecule has 0 bridgehead atoms. The number of piperazine rings is 1. The molecular weight excluding hydrogens is 562 g/mol. The van der Waals surface area contributed by atoms with Gasteiger partial charge < -0.3 is 19.3 Å². The number of amides is 2. The van der Waals surface area contributed by atoms with E-state index in [1.54, 1.807) is 49.1 Å². The molecule has 0 spiro atoms. The van der Waals surface area contributed by atoms with E-state index in [2.05, 4.69) is 39.0 Å². The van der Waals surface area contributed by atoms with Crippen molar-refractivity contribution in [1.82, 2.24) is 24.6 Å². The maximum absolute atomic E-state index is 13.5. The monoisotopic (exact) mass is 599 g/mol. The zero-order valence-electron chi connectivity index (χ0n) is 24.8. The summed E-state index contributed by atoms with van der Waals surface area (Å²) in [6.07, 6.45) is 1.83. The van der Waals surface area contributed by atoms with Crippen molar-refractivity contribution >= 4 is 23.6 Å². The van der Waals surface area contributed by atoms with Crippen molar-refractivity contribution in [2.24, 2.45) is 0 Å². The number of thioether (sulfide) groups is 1. The molecular formula is C33H37N5O4S. The summed E-state index contributed by atoms with van der Waals surface area (Å²) in [5.74, 6) is 2.51. The van der Waals surface area contributed by atoms with Crippen molar-refractivity contribution in [3.63, 3.8) is 0 Å². The number of methoxy groups -OCH3 is 2. The molecule has 0 saturated carbocycles. The Balaban J connectivity index is 1.16. The van der Waals surface area contributed by atoms with Crippen LogP contribution in [0.1, 0.15) is 41.5 Å². The molecule has 1 atom stereocenters. The first-order valence-corrected chi connectivity index (χ1v) is 15.4. The van der Waals surface area contributed by atoms with Crippen molar-refractivity contribution in [2.75, 3.05) is 39.6 Å². The van der Waals surface area contributed by atoms with Gasteiger partial charge in [-0.3, -0.25) is 14.2 Å². The van der Waals surface area contributed by atoms with E-state index in [9.17, 15) is 9.59 Å². The maximum atomic E-state index is 13.5. The number of benzene rings is 3. The lowest BCUT2D eigenvalue weighted by Crippen LogP contribution is -2.55. The van der Waals surface area contributed by atoms with E-state index in [0.717, 1.165) is 22.4 Å². The Kier molecular flexibility index (Phi) is 9.99. The summed E-state index contributed by atoms with van der Waals surface area (Å²) < 4.78 is 13.0. The van der Waals surface area contributed by atoms with E-state index in [-0.39, 0.29) is 17.9 Å². The van der Waals surface area contributed by atoms with Crippen LogP contribution >= 0.6 is 11.8 Å². The molecule has 43 heavy (non-hydrogen) atoms. The summed E-state index contributed by atoms with van der Waals surface area (Å²) in [5.41, 5.74) is 2.60. The van der Waals surface area contributed by atoms with Crippen LogP contribution in [0.15, 0.2) is 84.0 Å². The third kappa shape index (κ3) is 7.02. The molecule has 0 radical (unpaired) electrons. The Morgan fingerprint density at radius 1 is 0.884 bits per heavy atom. The van der Waals surface area contributed by atoms with E-state index in [1.165, 1.54) is 5.56 Å². The average Bonchev–Trinajstić information content (AvgIpc) is 3.44. The maximum Gasteiger partial charge on any atom is 0.261 e. The van der Waals surface area contributed by atoms with Crippen molar-refractivity contribution in [3.8, 4) is 17.2 Å². The predicted molar refractivity (Wildman–Crippen MR) is 167 cm³/mol. The van der Waals surface area contributed by atoms with Gasteiger partial charge in [0.2, 0.25) is 5.91 Å². The van der Waals surface area contributed by atoms with Crippen molar-refractivity contribution < 1.29 is 19.1 Å². The zero-order valence-corrected chi connectivity index (χ0v) is 25.6. The Hall–Kier alpha value is -4.31. The van der Waals surface area contributed by atoms with Crippen LogP contribution in [0.5, 0.6) is 11.5 Å². The lowest BCUT2D eigenvalue weighted by molar-refractivity contribution is -0.133. The molecule has 1 aliphatic rings. The third-order valence-electron chi connectivity index (χ3n) is 7.57. The SMILES string of the molecule is COc1cccc(OC)c1C(=O)N1CCN(C(=O)CCCSc2nnc(Cc3ccccc3)n2-c2ccccc2)CC1C. The number of rotatable bonds is 11. The minimum Gasteiger partial charge on any atom is -0.496 e. The lowest BCUT2D eigenvalue weighted by Gasteiger charge is -2.40. The Morgan fingerprint density at radius 3 is 2.21 bits per heavy atom. The number of carbonyl (C=O) groups is 2. The molecule has 1 fully saturated rings. The van der Waals surface area contributed by atoms with E-state index in [0.29, 0.717) is 56.0 Å². The Labute approximate surface area is 256 Å². The summed E-state index contributed by atoms with van der Waals surface area (Å²) in [4.78, 5) is 30.3. The lowest BCUT2D eigenvalue weighted by atomic mass is 10.1. The zero-order chi connectivity index (χ0) is 30.2. The van der Waals surface area contributed by atoms with Crippen molar-refractivity contribution in [3.05, 3.63) is 95.8 Å². The van der Waals surface area contributed by atoms with Gasteiger partial charge in [0.1, 0.15) is 22.9 Å². The number of aromatic nitrogens is 3. The van der Waals surface area contributed by atoms with E-state index < -0.39 is 0 Å². The van der Waals surface area contributed by atoms with Gasteiger partial charge in [0.25, 0.3) is 5.91 Å². The fourth-order valence-corrected chi connectivity index (χ4v) is 6.27. The van der Waals surface area contributed by atoms with Crippen molar-refractivity contribution in [1.29, 1.82) is 0 Å². The number of nitrogens with zero attached hydrogens (tertiary/aromatic N) is 5. The molecule has 2 amide bonds. The topological polar surface area (TPSA) is 89.8 Å². The molecule has 224 valence electrons. The molecule has 1 unspecified atom stereocenters. The van der Waals surface area contributed by atoms with Gasteiger partial charge in [-0.05, 0) is 43.2 Å². The van der Waals surface area contributed by atoms with Gasteiger partial charge in [-0.15, -0.1) is 10.2 Å². The van der Waals surface area contributed by atoms with Gasteiger partial charge in [0.15, 0.2) is 5.16 Å². The molecule has 0 aliphatic carbocycles. The highest BCUT2D eigenvalue weighted by Crippen LogP contribution is 2.31. The number of hydrogen-bond donors (Lipinski definition) is 0. The van der Waals surface area contributed by atoms with Crippen LogP contribution in [0.25, 0.3) is 5.69 Å². The van der Waals surface area contributed by atoms with Crippen molar-refractivity contribution in [2.45, 2.75) is 37.4 Å². The van der Waals surface area contributed by atoms with Crippen LogP contribution in [0, 0.1) is 0 Å². The highest BCUT2D eigenvalue weighted by Gasteiger charge is 2.32. The molecule has 5 rings (SSSR count). The number of ether oxygens (including phenoxy) is 2. The number of para-hydroxylation sites is 1. The fourth-order valence-electron chi connectivity index (χ4n) is 5.36. The molecule has 9 nitrogen and oxygen atoms in total. The van der Waals surface area contributed by atoms with E-state index >= 15 is 0 Å². The highest BCUT2D eigenvalue weighted by atomic mass is 32.2. The summed E-state index contributed by atoms with van der Waals surface area (Å²) in [6.45, 7) is 3.40. The first-order chi connectivity index (χ1) is 21.0. The van der Waals surface area contributed by atoms with Crippen LogP contribution in [-0.4, -0.2) is 82.0 Å². The largest absolute Gasteiger partial charge is 0.496 e. The van der Waals surface area contributed by atoms with Crippen LogP contribution in [-0.2, 0) is 11.2 Å². The average molecular weight is 600 g/mol. The molecule has 10 heteroatoms. The standard InChI is InChI=1S/C33H37N5O4S/c1-24-23-36(19-20-37(24)32(40)31-27(41-2)16-10-17-28(31)42-3)30(39)18-11-21-43-33-35-34-29(22-25-12-6-4-7-13-25)38(33)26-14-8-5-9-15-26/h4-10,12-17,24H,11,18-23H2,1-3H3. The van der Waals surface area contributed by atoms with Crippen LogP contribution in [0.3, 0.4) is 0 Å². The van der Waals surface area contributed by atoms with Gasteiger partial charge in [0, 0.05) is 50.0 Å². The van der Waals surface area contributed by atoms with Gasteiger partial charge >= 0.3 is 0 Å². The number of hydrogen-bond acceptors (Lipinski definition) is 7. The first kappa shape index (κ1) is 30.2. The quantitative estimate of drug-likeness (QED) is 0.175. The van der Waals surface area contributed by atoms with Gasteiger partial charge in [-0.1, -0.05) is 66.4 Å². The normalized spacial score (nSPS) is 14.9. The minimum atomic E-state index is -0.153. The smallest absolute Gasteiger partial charge is 0.261 e. The second-order valence-corrected chi connectivity index (χ2v) is 11.5. The minimum absolute atomic E-state index is 0.101. The summed E-state index contributed by atoms with van der Waals surface area (Å²) in [5, 5.41) is 9.84. The Bertz CT molecular complexity index is 1510. The molecule has 3 aromatic carbocycles. The van der Waals surface area contributed by atoms with Gasteiger partial charge in [-0.2, -0.15) is 0 Å². The second kappa shape index (κ2) is 14.2. The van der Waals surface area contributed by atoms with Crippen LogP contribution in [0.4, 0.5) is 0 Å². The third-order valence-corrected chi connectivity index (χ3v) is 8.58. The van der Waals surface area contributed by atoms with Gasteiger partial charge in [-0.25, -0.2) is 0 Å². The molecule has 4 aromatic rings. The van der Waals surface area contributed by atoms with E-state index in [1.807, 2.05) is 48.2 Å². The number of carbonyl (C=O) groups excluding carboxylic acids is 2. The summed E-state index contributed by atoms with van der Waals surface area (Å²) >= 11 is 1.61. The van der Waals surface area contributed by atoms with Crippen LogP contribution < -0.4 is 9.47 Å². The molecule has 0 N–H and O–H groups in total. The van der Waals surface area contributed by atoms with Crippen LogP contribution in [0.2, 0.25) is 0 Å². The fraction of sp³-hybridized carbons (Fsp3) is 0.333. The molecule has 1 aromatic heterocycles.